The first-order valence-corrected chi connectivity index (χ1v) is 9.58. The van der Waals surface area contributed by atoms with Crippen LogP contribution in [0.1, 0.15) is 25.8 Å². The summed E-state index contributed by atoms with van der Waals surface area (Å²) in [6, 6.07) is 17.2. The standard InChI is InChI=1S/C22H26N4O2/c1-16(2)12-13-23-21-18-10-6-7-11-19(18)26(22(28)25-21)15-20(27)24-14-17-8-4-3-5-9-17/h3-11,16H,12-15H2,1-2H3,(H,24,27)(H,23,25,28). The van der Waals surface area contributed by atoms with Crippen molar-refractivity contribution in [3.05, 3.63) is 70.6 Å². The number of amides is 1. The Morgan fingerprint density at radius 1 is 1.07 bits per heavy atom. The number of para-hydroxylation sites is 1. The summed E-state index contributed by atoms with van der Waals surface area (Å²) in [5.74, 6) is 0.910. The summed E-state index contributed by atoms with van der Waals surface area (Å²) in [6.45, 7) is 5.41. The Bertz CT molecular complexity index is 996. The monoisotopic (exact) mass is 378 g/mol. The number of fused-ring (bicyclic) bond motifs is 1. The fourth-order valence-electron chi connectivity index (χ4n) is 2.99. The van der Waals surface area contributed by atoms with E-state index >= 15 is 0 Å². The van der Waals surface area contributed by atoms with Crippen LogP contribution < -0.4 is 16.3 Å². The second kappa shape index (κ2) is 9.17. The number of aromatic nitrogens is 2. The van der Waals surface area contributed by atoms with E-state index in [2.05, 4.69) is 29.5 Å². The molecule has 0 saturated heterocycles. The third-order valence-corrected chi connectivity index (χ3v) is 4.54. The number of anilines is 1. The Labute approximate surface area is 164 Å². The van der Waals surface area contributed by atoms with Crippen LogP contribution in [-0.4, -0.2) is 22.0 Å². The highest BCUT2D eigenvalue weighted by Crippen LogP contribution is 2.19. The number of carbonyl (C=O) groups excluding carboxylic acids is 1. The normalized spacial score (nSPS) is 11.0. The molecule has 1 heterocycles. The number of nitrogens with one attached hydrogen (secondary N) is 2. The zero-order chi connectivity index (χ0) is 19.9. The maximum absolute atomic E-state index is 12.6. The van der Waals surface area contributed by atoms with Crippen LogP contribution in [0.15, 0.2) is 59.4 Å². The van der Waals surface area contributed by atoms with E-state index in [1.807, 2.05) is 54.6 Å². The van der Waals surface area contributed by atoms with Crippen LogP contribution in [0.5, 0.6) is 0 Å². The van der Waals surface area contributed by atoms with Gasteiger partial charge in [0.1, 0.15) is 12.4 Å². The summed E-state index contributed by atoms with van der Waals surface area (Å²) in [6.07, 6.45) is 0.987. The van der Waals surface area contributed by atoms with Crippen molar-refractivity contribution in [3.63, 3.8) is 0 Å². The maximum atomic E-state index is 12.6. The van der Waals surface area contributed by atoms with Crippen molar-refractivity contribution >= 4 is 22.6 Å². The van der Waals surface area contributed by atoms with E-state index in [1.54, 1.807) is 0 Å². The third kappa shape index (κ3) is 4.97. The first-order valence-electron chi connectivity index (χ1n) is 9.58. The molecule has 0 aliphatic carbocycles. The van der Waals surface area contributed by atoms with Crippen molar-refractivity contribution in [1.82, 2.24) is 14.9 Å². The number of hydrogen-bond donors (Lipinski definition) is 2. The van der Waals surface area contributed by atoms with E-state index in [-0.39, 0.29) is 12.5 Å². The highest BCUT2D eigenvalue weighted by molar-refractivity contribution is 5.90. The van der Waals surface area contributed by atoms with E-state index in [0.29, 0.717) is 23.8 Å². The molecule has 146 valence electrons. The van der Waals surface area contributed by atoms with Crippen molar-refractivity contribution in [2.45, 2.75) is 33.4 Å². The van der Waals surface area contributed by atoms with Crippen LogP contribution in [0.2, 0.25) is 0 Å². The predicted molar refractivity (Wildman–Crippen MR) is 112 cm³/mol. The lowest BCUT2D eigenvalue weighted by Gasteiger charge is -2.14. The van der Waals surface area contributed by atoms with Crippen molar-refractivity contribution < 1.29 is 4.79 Å². The van der Waals surface area contributed by atoms with E-state index < -0.39 is 5.69 Å². The van der Waals surface area contributed by atoms with E-state index in [0.717, 1.165) is 23.9 Å². The molecule has 2 aromatic carbocycles. The van der Waals surface area contributed by atoms with Crippen molar-refractivity contribution in [1.29, 1.82) is 0 Å². The smallest absolute Gasteiger partial charge is 0.350 e. The summed E-state index contributed by atoms with van der Waals surface area (Å²) in [4.78, 5) is 29.2. The van der Waals surface area contributed by atoms with Crippen LogP contribution in [0.3, 0.4) is 0 Å². The van der Waals surface area contributed by atoms with Gasteiger partial charge in [-0.25, -0.2) is 4.79 Å². The second-order valence-corrected chi connectivity index (χ2v) is 7.22. The van der Waals surface area contributed by atoms with Gasteiger partial charge >= 0.3 is 5.69 Å². The minimum absolute atomic E-state index is 0.0640. The molecule has 0 aliphatic heterocycles. The fraction of sp³-hybridized carbons (Fsp3) is 0.318. The topological polar surface area (TPSA) is 76.0 Å². The number of rotatable bonds is 8. The summed E-state index contributed by atoms with van der Waals surface area (Å²) in [5, 5.41) is 6.96. The highest BCUT2D eigenvalue weighted by atomic mass is 16.2. The van der Waals surface area contributed by atoms with Gasteiger partial charge in [0.15, 0.2) is 0 Å². The largest absolute Gasteiger partial charge is 0.369 e. The zero-order valence-electron chi connectivity index (χ0n) is 16.3. The summed E-state index contributed by atoms with van der Waals surface area (Å²) in [5.41, 5.74) is 1.28. The maximum Gasteiger partial charge on any atom is 0.350 e. The molecule has 1 amide bonds. The molecular formula is C22H26N4O2. The van der Waals surface area contributed by atoms with Crippen LogP contribution in [-0.2, 0) is 17.9 Å². The zero-order valence-corrected chi connectivity index (χ0v) is 16.3. The average Bonchev–Trinajstić information content (AvgIpc) is 2.69. The highest BCUT2D eigenvalue weighted by Gasteiger charge is 2.13. The van der Waals surface area contributed by atoms with Gasteiger partial charge in [0.05, 0.1) is 5.52 Å². The van der Waals surface area contributed by atoms with Gasteiger partial charge in [-0.3, -0.25) is 9.36 Å². The Kier molecular flexibility index (Phi) is 6.42. The Morgan fingerprint density at radius 2 is 1.79 bits per heavy atom. The van der Waals surface area contributed by atoms with Crippen molar-refractivity contribution in [2.24, 2.45) is 5.92 Å². The molecule has 1 aromatic heterocycles. The molecule has 0 unspecified atom stereocenters. The molecule has 3 aromatic rings. The SMILES string of the molecule is CC(C)CCNc1nc(=O)n(CC(=O)NCc2ccccc2)c2ccccc12. The molecule has 6 nitrogen and oxygen atoms in total. The molecule has 2 N–H and O–H groups in total. The number of benzene rings is 2. The fourth-order valence-corrected chi connectivity index (χ4v) is 2.99. The van der Waals surface area contributed by atoms with Crippen molar-refractivity contribution in [2.75, 3.05) is 11.9 Å². The lowest BCUT2D eigenvalue weighted by atomic mass is 10.1. The van der Waals surface area contributed by atoms with Gasteiger partial charge in [-0.15, -0.1) is 0 Å². The molecule has 0 atom stereocenters. The van der Waals surface area contributed by atoms with E-state index in [9.17, 15) is 9.59 Å². The van der Waals surface area contributed by atoms with Gasteiger partial charge < -0.3 is 10.6 Å². The average molecular weight is 378 g/mol. The molecule has 3 rings (SSSR count). The van der Waals surface area contributed by atoms with Crippen LogP contribution in [0.4, 0.5) is 5.82 Å². The van der Waals surface area contributed by atoms with Crippen LogP contribution >= 0.6 is 0 Å². The summed E-state index contributed by atoms with van der Waals surface area (Å²) in [7, 11) is 0. The molecule has 0 spiro atoms. The van der Waals surface area contributed by atoms with E-state index in [1.165, 1.54) is 4.57 Å². The van der Waals surface area contributed by atoms with Gasteiger partial charge in [0, 0.05) is 18.5 Å². The first-order chi connectivity index (χ1) is 13.5. The minimum Gasteiger partial charge on any atom is -0.369 e. The molecule has 6 heteroatoms. The van der Waals surface area contributed by atoms with E-state index in [4.69, 9.17) is 0 Å². The predicted octanol–water partition coefficient (Wildman–Crippen LogP) is 3.17. The molecule has 28 heavy (non-hydrogen) atoms. The molecule has 0 aliphatic rings. The van der Waals surface area contributed by atoms with Crippen LogP contribution in [0, 0.1) is 5.92 Å². The second-order valence-electron chi connectivity index (χ2n) is 7.22. The number of nitrogens with zero attached hydrogens (tertiary/aromatic N) is 2. The quantitative estimate of drug-likeness (QED) is 0.631. The van der Waals surface area contributed by atoms with Gasteiger partial charge in [0.25, 0.3) is 0 Å². The molecule has 0 radical (unpaired) electrons. The van der Waals surface area contributed by atoms with Gasteiger partial charge in [-0.05, 0) is 30.0 Å². The Morgan fingerprint density at radius 3 is 2.54 bits per heavy atom. The lowest BCUT2D eigenvalue weighted by molar-refractivity contribution is -0.121. The van der Waals surface area contributed by atoms with Gasteiger partial charge in [-0.1, -0.05) is 56.3 Å². The molecule has 0 saturated carbocycles. The van der Waals surface area contributed by atoms with Gasteiger partial charge in [-0.2, -0.15) is 4.98 Å². The minimum atomic E-state index is -0.430. The van der Waals surface area contributed by atoms with Crippen LogP contribution in [0.25, 0.3) is 10.9 Å². The van der Waals surface area contributed by atoms with Crippen molar-refractivity contribution in [3.8, 4) is 0 Å². The number of hydrogen-bond acceptors (Lipinski definition) is 4. The third-order valence-electron chi connectivity index (χ3n) is 4.54. The molecular weight excluding hydrogens is 352 g/mol. The lowest BCUT2D eigenvalue weighted by Crippen LogP contribution is -2.33. The molecule has 0 fully saturated rings. The molecule has 0 bridgehead atoms. The Balaban J connectivity index is 1.78. The number of carbonyl (C=O) groups is 1. The summed E-state index contributed by atoms with van der Waals surface area (Å²) >= 11 is 0. The Hall–Kier alpha value is -3.15. The first kappa shape index (κ1) is 19.6. The van der Waals surface area contributed by atoms with Gasteiger partial charge in [0.2, 0.25) is 5.91 Å². The summed E-state index contributed by atoms with van der Waals surface area (Å²) < 4.78 is 1.42.